The average molecular weight is 486 g/mol. The van der Waals surface area contributed by atoms with E-state index in [1.165, 1.54) is 33.5 Å². The number of benzene rings is 2. The van der Waals surface area contributed by atoms with Crippen LogP contribution in [-0.4, -0.2) is 63.0 Å². The van der Waals surface area contributed by atoms with Crippen molar-refractivity contribution in [3.63, 3.8) is 0 Å². The Morgan fingerprint density at radius 3 is 2.44 bits per heavy atom. The van der Waals surface area contributed by atoms with Crippen LogP contribution in [0.1, 0.15) is 30.6 Å². The van der Waals surface area contributed by atoms with Crippen molar-refractivity contribution in [2.75, 3.05) is 31.1 Å². The minimum atomic E-state index is -3.84. The first-order valence-corrected chi connectivity index (χ1v) is 12.3. The number of anilines is 1. The summed E-state index contributed by atoms with van der Waals surface area (Å²) in [5.41, 5.74) is 0.604. The molecule has 1 heterocycles. The van der Waals surface area contributed by atoms with Crippen LogP contribution in [-0.2, 0) is 24.3 Å². The molecule has 2 aromatic rings. The zero-order valence-corrected chi connectivity index (χ0v) is 19.9. The van der Waals surface area contributed by atoms with Gasteiger partial charge in [-0.25, -0.2) is 13.2 Å². The second kappa shape index (κ2) is 11.2. The van der Waals surface area contributed by atoms with E-state index < -0.39 is 28.5 Å². The van der Waals surface area contributed by atoms with Gasteiger partial charge in [-0.15, -0.1) is 0 Å². The number of ether oxygens (including phenoxy) is 2. The molecule has 0 radical (unpaired) electrons. The molecule has 1 aliphatic heterocycles. The lowest BCUT2D eigenvalue weighted by Gasteiger charge is -2.34. The number of nitrogens with zero attached hydrogens (tertiary/aromatic N) is 3. The Kier molecular flexibility index (Phi) is 8.39. The van der Waals surface area contributed by atoms with Gasteiger partial charge in [-0.2, -0.15) is 9.57 Å². The van der Waals surface area contributed by atoms with Gasteiger partial charge >= 0.3 is 5.97 Å². The Labute approximate surface area is 199 Å². The molecule has 10 heteroatoms. The van der Waals surface area contributed by atoms with Gasteiger partial charge in [-0.1, -0.05) is 24.3 Å². The molecule has 2 unspecified atom stereocenters. The molecule has 1 fully saturated rings. The van der Waals surface area contributed by atoms with Crippen molar-refractivity contribution in [2.24, 2.45) is 0 Å². The highest BCUT2D eigenvalue weighted by atomic mass is 32.2. The van der Waals surface area contributed by atoms with Crippen LogP contribution in [0.15, 0.2) is 59.5 Å². The van der Waals surface area contributed by atoms with E-state index in [0.29, 0.717) is 5.69 Å². The summed E-state index contributed by atoms with van der Waals surface area (Å²) in [6.07, 6.45) is -0.370. The average Bonchev–Trinajstić information content (AvgIpc) is 2.83. The van der Waals surface area contributed by atoms with Gasteiger partial charge in [0.25, 0.3) is 5.91 Å². The zero-order valence-electron chi connectivity index (χ0n) is 19.1. The number of hydrogen-bond acceptors (Lipinski definition) is 7. The molecular formula is C24H27N3O6S. The van der Waals surface area contributed by atoms with E-state index in [0.717, 1.165) is 0 Å². The second-order valence-corrected chi connectivity index (χ2v) is 9.91. The third-order valence-corrected chi connectivity index (χ3v) is 7.06. The van der Waals surface area contributed by atoms with Gasteiger partial charge in [-0.05, 0) is 44.2 Å². The Bertz CT molecular complexity index is 1150. The number of carbonyl (C=O) groups excluding carboxylic acids is 2. The van der Waals surface area contributed by atoms with E-state index in [-0.39, 0.29) is 48.7 Å². The Hall–Kier alpha value is -3.26. The SMILES string of the molecule is CC1CN(S(=O)(=O)c2cccc(C(=O)OCC(=O)N(CCC#N)c3ccccc3)c2)CC(C)O1. The maximum absolute atomic E-state index is 13.1. The summed E-state index contributed by atoms with van der Waals surface area (Å²) in [4.78, 5) is 26.7. The van der Waals surface area contributed by atoms with Crippen molar-refractivity contribution in [2.45, 2.75) is 37.4 Å². The predicted octanol–water partition coefficient (Wildman–Crippen LogP) is 2.59. The maximum Gasteiger partial charge on any atom is 0.338 e. The number of amides is 1. The topological polar surface area (TPSA) is 117 Å². The number of esters is 1. The molecule has 2 aromatic carbocycles. The van der Waals surface area contributed by atoms with Gasteiger partial charge in [0, 0.05) is 25.3 Å². The largest absolute Gasteiger partial charge is 0.452 e. The monoisotopic (exact) mass is 485 g/mol. The van der Waals surface area contributed by atoms with Gasteiger partial charge < -0.3 is 14.4 Å². The summed E-state index contributed by atoms with van der Waals surface area (Å²) in [7, 11) is -3.84. The smallest absolute Gasteiger partial charge is 0.338 e. The first kappa shape index (κ1) is 25.4. The normalized spacial score (nSPS) is 18.6. The van der Waals surface area contributed by atoms with Crippen molar-refractivity contribution in [1.82, 2.24) is 4.31 Å². The number of hydrogen-bond donors (Lipinski definition) is 0. The van der Waals surface area contributed by atoms with Crippen LogP contribution >= 0.6 is 0 Å². The van der Waals surface area contributed by atoms with Crippen LogP contribution in [0.4, 0.5) is 5.69 Å². The fourth-order valence-electron chi connectivity index (χ4n) is 3.72. The minimum Gasteiger partial charge on any atom is -0.452 e. The fraction of sp³-hybridized carbons (Fsp3) is 0.375. The second-order valence-electron chi connectivity index (χ2n) is 7.97. The fourth-order valence-corrected chi connectivity index (χ4v) is 5.35. The van der Waals surface area contributed by atoms with Crippen molar-refractivity contribution in [3.05, 3.63) is 60.2 Å². The molecule has 34 heavy (non-hydrogen) atoms. The van der Waals surface area contributed by atoms with E-state index in [1.54, 1.807) is 44.2 Å². The summed E-state index contributed by atoms with van der Waals surface area (Å²) in [5.74, 6) is -1.31. The summed E-state index contributed by atoms with van der Waals surface area (Å²) < 4.78 is 38.3. The highest BCUT2D eigenvalue weighted by Crippen LogP contribution is 2.22. The van der Waals surface area contributed by atoms with Crippen LogP contribution in [0.3, 0.4) is 0 Å². The first-order valence-electron chi connectivity index (χ1n) is 10.9. The molecule has 0 aromatic heterocycles. The highest BCUT2D eigenvalue weighted by molar-refractivity contribution is 7.89. The summed E-state index contributed by atoms with van der Waals surface area (Å²) in [5, 5.41) is 8.89. The highest BCUT2D eigenvalue weighted by Gasteiger charge is 2.32. The van der Waals surface area contributed by atoms with E-state index >= 15 is 0 Å². The van der Waals surface area contributed by atoms with Crippen LogP contribution in [0.25, 0.3) is 0 Å². The van der Waals surface area contributed by atoms with Crippen molar-refractivity contribution in [1.29, 1.82) is 5.26 Å². The molecule has 180 valence electrons. The quantitative estimate of drug-likeness (QED) is 0.528. The third-order valence-electron chi connectivity index (χ3n) is 5.24. The summed E-state index contributed by atoms with van der Waals surface area (Å²) in [6.45, 7) is 3.65. The summed E-state index contributed by atoms with van der Waals surface area (Å²) in [6, 6.07) is 16.3. The number of carbonyl (C=O) groups is 2. The van der Waals surface area contributed by atoms with Crippen LogP contribution in [0.2, 0.25) is 0 Å². The number of morpholine rings is 1. The number of para-hydroxylation sites is 1. The van der Waals surface area contributed by atoms with Crippen LogP contribution < -0.4 is 4.90 Å². The van der Waals surface area contributed by atoms with Gasteiger partial charge in [0.05, 0.1) is 35.2 Å². The maximum atomic E-state index is 13.1. The zero-order chi connectivity index (χ0) is 24.7. The number of sulfonamides is 1. The molecule has 1 saturated heterocycles. The van der Waals surface area contributed by atoms with E-state index in [2.05, 4.69) is 0 Å². The standard InChI is InChI=1S/C24H27N3O6S/c1-18-15-26(16-19(2)33-18)34(30,31)22-11-6-8-20(14-22)24(29)32-17-23(28)27(13-7-12-25)21-9-4-3-5-10-21/h3-6,8-11,14,18-19H,7,13,15-17H2,1-2H3. The molecule has 0 bridgehead atoms. The van der Waals surface area contributed by atoms with E-state index in [9.17, 15) is 18.0 Å². The lowest BCUT2D eigenvalue weighted by Crippen LogP contribution is -2.48. The number of rotatable bonds is 8. The molecule has 1 amide bonds. The Balaban J connectivity index is 1.70. The van der Waals surface area contributed by atoms with E-state index in [4.69, 9.17) is 14.7 Å². The molecule has 2 atom stereocenters. The summed E-state index contributed by atoms with van der Waals surface area (Å²) >= 11 is 0. The lowest BCUT2D eigenvalue weighted by molar-refractivity contribution is -0.121. The van der Waals surface area contributed by atoms with Crippen LogP contribution in [0, 0.1) is 11.3 Å². The van der Waals surface area contributed by atoms with Gasteiger partial charge in [0.15, 0.2) is 6.61 Å². The number of nitriles is 1. The Morgan fingerprint density at radius 1 is 1.12 bits per heavy atom. The molecular weight excluding hydrogens is 458 g/mol. The van der Waals surface area contributed by atoms with Crippen LogP contribution in [0.5, 0.6) is 0 Å². The molecule has 0 N–H and O–H groups in total. The third kappa shape index (κ3) is 6.20. The predicted molar refractivity (Wildman–Crippen MR) is 125 cm³/mol. The van der Waals surface area contributed by atoms with Crippen molar-refractivity contribution >= 4 is 27.6 Å². The van der Waals surface area contributed by atoms with Gasteiger partial charge in [0.1, 0.15) is 0 Å². The molecule has 3 rings (SSSR count). The molecule has 0 spiro atoms. The minimum absolute atomic E-state index is 0.0199. The van der Waals surface area contributed by atoms with Gasteiger partial charge in [-0.3, -0.25) is 4.79 Å². The molecule has 9 nitrogen and oxygen atoms in total. The first-order chi connectivity index (χ1) is 16.2. The van der Waals surface area contributed by atoms with Crippen molar-refractivity contribution in [3.8, 4) is 6.07 Å². The molecule has 0 aliphatic carbocycles. The molecule has 0 saturated carbocycles. The van der Waals surface area contributed by atoms with E-state index in [1.807, 2.05) is 6.07 Å². The lowest BCUT2D eigenvalue weighted by atomic mass is 10.2. The Morgan fingerprint density at radius 2 is 1.79 bits per heavy atom. The van der Waals surface area contributed by atoms with Crippen molar-refractivity contribution < 1.29 is 27.5 Å². The van der Waals surface area contributed by atoms with Gasteiger partial charge in [0.2, 0.25) is 10.0 Å². The molecule has 1 aliphatic rings.